The summed E-state index contributed by atoms with van der Waals surface area (Å²) in [6.07, 6.45) is 0. The van der Waals surface area contributed by atoms with Crippen molar-refractivity contribution in [3.63, 3.8) is 0 Å². The average Bonchev–Trinajstić information content (AvgIpc) is 2.55. The third-order valence-corrected chi connectivity index (χ3v) is 5.88. The Morgan fingerprint density at radius 3 is 2.58 bits per heavy atom. The van der Waals surface area contributed by atoms with Gasteiger partial charge in [0, 0.05) is 13.1 Å². The van der Waals surface area contributed by atoms with Crippen molar-refractivity contribution in [3.8, 4) is 0 Å². The molecule has 0 spiro atoms. The molecule has 1 aliphatic heterocycles. The highest BCUT2D eigenvalue weighted by atomic mass is 32.2. The maximum absolute atomic E-state index is 12.9. The van der Waals surface area contributed by atoms with Gasteiger partial charge in [-0.1, -0.05) is 60.2 Å². The number of nitrogens with zero attached hydrogens (tertiary/aromatic N) is 1. The van der Waals surface area contributed by atoms with Gasteiger partial charge in [0.25, 0.3) is 0 Å². The summed E-state index contributed by atoms with van der Waals surface area (Å²) >= 11 is 0. The van der Waals surface area contributed by atoms with Gasteiger partial charge in [-0.05, 0) is 18.1 Å². The van der Waals surface area contributed by atoms with Gasteiger partial charge >= 0.3 is 0 Å². The number of sulfonamides is 1. The predicted molar refractivity (Wildman–Crippen MR) is 92.7 cm³/mol. The van der Waals surface area contributed by atoms with Crippen LogP contribution in [-0.2, 0) is 20.6 Å². The molecule has 1 saturated heterocycles. The van der Waals surface area contributed by atoms with Gasteiger partial charge in [-0.3, -0.25) is 4.79 Å². The Kier molecular flexibility index (Phi) is 4.69. The second-order valence-electron chi connectivity index (χ2n) is 5.96. The number of hydrogen-bond acceptors (Lipinski definition) is 3. The minimum absolute atomic E-state index is 0.108. The van der Waals surface area contributed by atoms with E-state index in [1.54, 1.807) is 18.2 Å². The third kappa shape index (κ3) is 3.49. The van der Waals surface area contributed by atoms with Crippen LogP contribution < -0.4 is 5.32 Å². The van der Waals surface area contributed by atoms with Crippen LogP contribution >= 0.6 is 0 Å². The number of benzene rings is 2. The summed E-state index contributed by atoms with van der Waals surface area (Å²) in [5.74, 6) is -0.382. The molecule has 1 atom stereocenters. The van der Waals surface area contributed by atoms with E-state index in [0.717, 1.165) is 5.56 Å². The molecule has 6 heteroatoms. The second kappa shape index (κ2) is 6.75. The standard InChI is InChI=1S/C18H20N2O3S/c1-14-6-5-9-16(12-14)17-18(21)19-10-11-20(17)24(22,23)13-15-7-3-2-4-8-15/h2-9,12,17H,10-11,13H2,1H3,(H,19,21). The van der Waals surface area contributed by atoms with Crippen molar-refractivity contribution in [3.05, 3.63) is 71.3 Å². The molecule has 1 aliphatic rings. The molecule has 5 nitrogen and oxygen atoms in total. The highest BCUT2D eigenvalue weighted by molar-refractivity contribution is 7.88. The van der Waals surface area contributed by atoms with Crippen molar-refractivity contribution in [1.82, 2.24) is 9.62 Å². The highest BCUT2D eigenvalue weighted by Crippen LogP contribution is 2.28. The van der Waals surface area contributed by atoms with Crippen LogP contribution in [0.25, 0.3) is 0 Å². The quantitative estimate of drug-likeness (QED) is 0.922. The molecule has 126 valence electrons. The van der Waals surface area contributed by atoms with Crippen LogP contribution in [0.1, 0.15) is 22.7 Å². The van der Waals surface area contributed by atoms with E-state index in [-0.39, 0.29) is 18.2 Å². The SMILES string of the molecule is Cc1cccc(C2C(=O)NCCN2S(=O)(=O)Cc2ccccc2)c1. The summed E-state index contributed by atoms with van der Waals surface area (Å²) in [5, 5.41) is 2.77. The lowest BCUT2D eigenvalue weighted by Crippen LogP contribution is -2.52. The summed E-state index contributed by atoms with van der Waals surface area (Å²) < 4.78 is 27.2. The first-order valence-electron chi connectivity index (χ1n) is 7.85. The van der Waals surface area contributed by atoms with Gasteiger partial charge in [-0.15, -0.1) is 0 Å². The smallest absolute Gasteiger partial charge is 0.243 e. The van der Waals surface area contributed by atoms with Gasteiger partial charge in [0.15, 0.2) is 0 Å². The molecular weight excluding hydrogens is 324 g/mol. The molecule has 1 amide bonds. The van der Waals surface area contributed by atoms with Crippen molar-refractivity contribution in [1.29, 1.82) is 0 Å². The molecule has 3 rings (SSSR count). The zero-order valence-electron chi connectivity index (χ0n) is 13.5. The van der Waals surface area contributed by atoms with Crippen LogP contribution in [0.5, 0.6) is 0 Å². The first kappa shape index (κ1) is 16.7. The molecule has 0 bridgehead atoms. The average molecular weight is 344 g/mol. The van der Waals surface area contributed by atoms with Crippen molar-refractivity contribution >= 4 is 15.9 Å². The van der Waals surface area contributed by atoms with Crippen LogP contribution in [0, 0.1) is 6.92 Å². The fourth-order valence-corrected chi connectivity index (χ4v) is 4.66. The molecule has 2 aromatic rings. The Labute approximate surface area is 142 Å². The molecule has 0 saturated carbocycles. The first-order chi connectivity index (χ1) is 11.5. The molecule has 24 heavy (non-hydrogen) atoms. The van der Waals surface area contributed by atoms with Gasteiger partial charge < -0.3 is 5.32 Å². The maximum Gasteiger partial charge on any atom is 0.243 e. The second-order valence-corrected chi connectivity index (χ2v) is 7.88. The number of rotatable bonds is 4. The Bertz CT molecular complexity index is 834. The summed E-state index contributed by atoms with van der Waals surface area (Å²) in [6, 6.07) is 15.6. The maximum atomic E-state index is 12.9. The van der Waals surface area contributed by atoms with Gasteiger partial charge in [0.1, 0.15) is 6.04 Å². The van der Waals surface area contributed by atoms with Gasteiger partial charge in [0.05, 0.1) is 5.75 Å². The van der Waals surface area contributed by atoms with Gasteiger partial charge in [-0.2, -0.15) is 4.31 Å². The zero-order valence-corrected chi connectivity index (χ0v) is 14.3. The fraction of sp³-hybridized carbons (Fsp3) is 0.278. The van der Waals surface area contributed by atoms with E-state index >= 15 is 0 Å². The summed E-state index contributed by atoms with van der Waals surface area (Å²) in [7, 11) is -3.61. The Morgan fingerprint density at radius 1 is 1.12 bits per heavy atom. The molecule has 2 aromatic carbocycles. The lowest BCUT2D eigenvalue weighted by molar-refractivity contribution is -0.126. The Balaban J connectivity index is 1.95. The molecule has 1 heterocycles. The number of aryl methyl sites for hydroxylation is 1. The molecule has 1 N–H and O–H groups in total. The van der Waals surface area contributed by atoms with Crippen LogP contribution in [0.15, 0.2) is 54.6 Å². The van der Waals surface area contributed by atoms with E-state index in [1.807, 2.05) is 43.3 Å². The topological polar surface area (TPSA) is 66.5 Å². The van der Waals surface area contributed by atoms with E-state index < -0.39 is 16.1 Å². The van der Waals surface area contributed by atoms with Crippen LogP contribution in [0.2, 0.25) is 0 Å². The van der Waals surface area contributed by atoms with Crippen LogP contribution in [0.3, 0.4) is 0 Å². The number of carbonyl (C=O) groups excluding carboxylic acids is 1. The van der Waals surface area contributed by atoms with Crippen molar-refractivity contribution in [2.24, 2.45) is 0 Å². The number of nitrogens with one attached hydrogen (secondary N) is 1. The van der Waals surface area contributed by atoms with Crippen molar-refractivity contribution in [2.75, 3.05) is 13.1 Å². The predicted octanol–water partition coefficient (Wildman–Crippen LogP) is 2.00. The number of hydrogen-bond donors (Lipinski definition) is 1. The monoisotopic (exact) mass is 344 g/mol. The zero-order chi connectivity index (χ0) is 17.2. The van der Waals surface area contributed by atoms with Crippen LogP contribution in [-0.4, -0.2) is 31.7 Å². The van der Waals surface area contributed by atoms with E-state index in [0.29, 0.717) is 17.7 Å². The highest BCUT2D eigenvalue weighted by Gasteiger charge is 2.38. The van der Waals surface area contributed by atoms with E-state index in [4.69, 9.17) is 0 Å². The normalized spacial score (nSPS) is 19.0. The minimum atomic E-state index is -3.61. The number of amides is 1. The lowest BCUT2D eigenvalue weighted by Gasteiger charge is -2.34. The van der Waals surface area contributed by atoms with Crippen molar-refractivity contribution in [2.45, 2.75) is 18.7 Å². The molecule has 0 radical (unpaired) electrons. The summed E-state index contributed by atoms with van der Waals surface area (Å²) in [4.78, 5) is 12.4. The molecule has 1 fully saturated rings. The largest absolute Gasteiger partial charge is 0.353 e. The molecular formula is C18H20N2O3S. The lowest BCUT2D eigenvalue weighted by atomic mass is 10.0. The Hall–Kier alpha value is -2.18. The molecule has 0 aromatic heterocycles. The first-order valence-corrected chi connectivity index (χ1v) is 9.46. The minimum Gasteiger partial charge on any atom is -0.353 e. The number of piperazine rings is 1. The third-order valence-electron chi connectivity index (χ3n) is 4.07. The van der Waals surface area contributed by atoms with Crippen molar-refractivity contribution < 1.29 is 13.2 Å². The van der Waals surface area contributed by atoms with E-state index in [9.17, 15) is 13.2 Å². The number of carbonyl (C=O) groups is 1. The van der Waals surface area contributed by atoms with E-state index in [2.05, 4.69) is 5.32 Å². The summed E-state index contributed by atoms with van der Waals surface area (Å²) in [6.45, 7) is 2.53. The van der Waals surface area contributed by atoms with Gasteiger partial charge in [-0.25, -0.2) is 8.42 Å². The molecule has 0 aliphatic carbocycles. The van der Waals surface area contributed by atoms with E-state index in [1.165, 1.54) is 4.31 Å². The Morgan fingerprint density at radius 2 is 1.88 bits per heavy atom. The summed E-state index contributed by atoms with van der Waals surface area (Å²) in [5.41, 5.74) is 2.40. The molecule has 1 unspecified atom stereocenters. The van der Waals surface area contributed by atoms with Crippen LogP contribution in [0.4, 0.5) is 0 Å². The fourth-order valence-electron chi connectivity index (χ4n) is 2.97. The van der Waals surface area contributed by atoms with Gasteiger partial charge in [0.2, 0.25) is 15.9 Å².